The predicted octanol–water partition coefficient (Wildman–Crippen LogP) is 2.40. The zero-order valence-corrected chi connectivity index (χ0v) is 9.33. The third kappa shape index (κ3) is 1.06. The van der Waals surface area contributed by atoms with Crippen molar-refractivity contribution in [2.24, 2.45) is 23.2 Å². The van der Waals surface area contributed by atoms with Crippen LogP contribution in [-0.2, 0) is 9.53 Å². The van der Waals surface area contributed by atoms with E-state index < -0.39 is 0 Å². The minimum atomic E-state index is 0.00280. The molecule has 2 rings (SSSR count). The summed E-state index contributed by atoms with van der Waals surface area (Å²) in [6.07, 6.45) is 0.00280. The first-order chi connectivity index (χ1) is 6.37. The van der Waals surface area contributed by atoms with Crippen LogP contribution in [0.25, 0.3) is 0 Å². The van der Waals surface area contributed by atoms with Crippen LogP contribution in [0.5, 0.6) is 0 Å². The lowest BCUT2D eigenvalue weighted by Crippen LogP contribution is -2.33. The monoisotopic (exact) mass is 194 g/mol. The van der Waals surface area contributed by atoms with Crippen LogP contribution in [-0.4, -0.2) is 11.9 Å². The van der Waals surface area contributed by atoms with Gasteiger partial charge >= 0.3 is 0 Å². The molecule has 0 aromatic heterocycles. The van der Waals surface area contributed by atoms with E-state index in [2.05, 4.69) is 20.4 Å². The molecule has 4 atom stereocenters. The Morgan fingerprint density at radius 2 is 2.07 bits per heavy atom. The van der Waals surface area contributed by atoms with Crippen molar-refractivity contribution in [3.05, 3.63) is 12.3 Å². The SMILES string of the molecule is C=C1OC(C)C(C(C)=O)C2C1C2(C)C. The first kappa shape index (κ1) is 9.75. The number of hydrogen-bond donors (Lipinski definition) is 0. The molecule has 0 N–H and O–H groups in total. The van der Waals surface area contributed by atoms with Gasteiger partial charge in [-0.05, 0) is 25.2 Å². The fourth-order valence-electron chi connectivity index (χ4n) is 3.22. The molecular weight excluding hydrogens is 176 g/mol. The highest BCUT2D eigenvalue weighted by Gasteiger charge is 2.67. The number of ether oxygens (including phenoxy) is 1. The third-order valence-corrected chi connectivity index (χ3v) is 3.96. The highest BCUT2D eigenvalue weighted by molar-refractivity contribution is 5.80. The number of ketones is 1. The first-order valence-electron chi connectivity index (χ1n) is 5.23. The summed E-state index contributed by atoms with van der Waals surface area (Å²) in [4.78, 5) is 11.5. The number of carbonyl (C=O) groups excluding carboxylic acids is 1. The molecular formula is C12H18O2. The lowest BCUT2D eigenvalue weighted by atomic mass is 9.88. The Kier molecular flexibility index (Phi) is 1.82. The van der Waals surface area contributed by atoms with Gasteiger partial charge in [0.25, 0.3) is 0 Å². The summed E-state index contributed by atoms with van der Waals surface area (Å²) in [5.41, 5.74) is 0.207. The molecule has 0 aromatic carbocycles. The van der Waals surface area contributed by atoms with Gasteiger partial charge in [0.05, 0.1) is 11.7 Å². The molecule has 1 saturated carbocycles. The molecule has 0 aromatic rings. The maximum atomic E-state index is 11.5. The van der Waals surface area contributed by atoms with E-state index in [-0.39, 0.29) is 23.2 Å². The normalized spacial score (nSPS) is 43.9. The summed E-state index contributed by atoms with van der Waals surface area (Å²) in [6, 6.07) is 0. The maximum absolute atomic E-state index is 11.5. The molecule has 2 nitrogen and oxygen atoms in total. The average molecular weight is 194 g/mol. The van der Waals surface area contributed by atoms with Crippen molar-refractivity contribution >= 4 is 5.78 Å². The largest absolute Gasteiger partial charge is 0.495 e. The van der Waals surface area contributed by atoms with Crippen molar-refractivity contribution in [1.82, 2.24) is 0 Å². The lowest BCUT2D eigenvalue weighted by Gasteiger charge is -2.28. The Bertz CT molecular complexity index is 303. The molecule has 1 saturated heterocycles. The summed E-state index contributed by atoms with van der Waals surface area (Å²) < 4.78 is 5.63. The summed E-state index contributed by atoms with van der Waals surface area (Å²) >= 11 is 0. The van der Waals surface area contributed by atoms with Crippen LogP contribution in [0.4, 0.5) is 0 Å². The standard InChI is InChI=1S/C12H18O2/c1-6(13)9-7(2)14-8(3)10-11(9)12(10,4)5/h7,9-11H,3H2,1-2,4-5H3. The Labute approximate surface area is 85.3 Å². The number of fused-ring (bicyclic) bond motifs is 1. The highest BCUT2D eigenvalue weighted by Crippen LogP contribution is 2.68. The van der Waals surface area contributed by atoms with Crippen LogP contribution >= 0.6 is 0 Å². The van der Waals surface area contributed by atoms with Gasteiger partial charge in [-0.2, -0.15) is 0 Å². The molecule has 14 heavy (non-hydrogen) atoms. The molecule has 0 bridgehead atoms. The molecule has 1 aliphatic carbocycles. The van der Waals surface area contributed by atoms with Gasteiger partial charge < -0.3 is 4.74 Å². The Morgan fingerprint density at radius 1 is 1.50 bits per heavy atom. The van der Waals surface area contributed by atoms with Crippen LogP contribution in [0, 0.1) is 23.2 Å². The second-order valence-corrected chi connectivity index (χ2v) is 5.25. The number of Topliss-reactive ketones (excluding diaryl/α,β-unsaturated/α-hetero) is 1. The van der Waals surface area contributed by atoms with Gasteiger partial charge in [0.1, 0.15) is 11.9 Å². The number of carbonyl (C=O) groups is 1. The third-order valence-electron chi connectivity index (χ3n) is 3.96. The second kappa shape index (κ2) is 2.62. The number of allylic oxidation sites excluding steroid dienone is 1. The van der Waals surface area contributed by atoms with Crippen molar-refractivity contribution in [2.45, 2.75) is 33.8 Å². The molecule has 0 amide bonds. The van der Waals surface area contributed by atoms with Gasteiger partial charge in [-0.15, -0.1) is 0 Å². The average Bonchev–Trinajstić information content (AvgIpc) is 2.53. The topological polar surface area (TPSA) is 26.3 Å². The van der Waals surface area contributed by atoms with Crippen LogP contribution in [0.2, 0.25) is 0 Å². The van der Waals surface area contributed by atoms with Gasteiger partial charge in [-0.1, -0.05) is 20.4 Å². The van der Waals surface area contributed by atoms with Crippen LogP contribution in [0.15, 0.2) is 12.3 Å². The van der Waals surface area contributed by atoms with Crippen LogP contribution in [0.3, 0.4) is 0 Å². The summed E-state index contributed by atoms with van der Waals surface area (Å²) in [6.45, 7) is 12.0. The zero-order valence-electron chi connectivity index (χ0n) is 9.33. The van der Waals surface area contributed by atoms with Crippen molar-refractivity contribution in [3.63, 3.8) is 0 Å². The molecule has 78 valence electrons. The fourth-order valence-corrected chi connectivity index (χ4v) is 3.22. The Balaban J connectivity index is 2.29. The molecule has 2 fully saturated rings. The van der Waals surface area contributed by atoms with Gasteiger partial charge in [0.2, 0.25) is 0 Å². The van der Waals surface area contributed by atoms with E-state index in [1.54, 1.807) is 6.92 Å². The van der Waals surface area contributed by atoms with Crippen LogP contribution in [0.1, 0.15) is 27.7 Å². The lowest BCUT2D eigenvalue weighted by molar-refractivity contribution is -0.127. The van der Waals surface area contributed by atoms with E-state index in [1.807, 2.05) is 6.92 Å². The quantitative estimate of drug-likeness (QED) is 0.640. The first-order valence-corrected chi connectivity index (χ1v) is 5.23. The maximum Gasteiger partial charge on any atom is 0.136 e. The molecule has 1 aliphatic heterocycles. The predicted molar refractivity (Wildman–Crippen MR) is 54.6 cm³/mol. The molecule has 2 heteroatoms. The van der Waals surface area contributed by atoms with Crippen LogP contribution < -0.4 is 0 Å². The minimum absolute atomic E-state index is 0.00280. The van der Waals surface area contributed by atoms with E-state index in [0.717, 1.165) is 5.76 Å². The molecule has 0 spiro atoms. The smallest absolute Gasteiger partial charge is 0.136 e. The van der Waals surface area contributed by atoms with Crippen molar-refractivity contribution in [1.29, 1.82) is 0 Å². The van der Waals surface area contributed by atoms with Gasteiger partial charge in [0.15, 0.2) is 0 Å². The van der Waals surface area contributed by atoms with E-state index in [4.69, 9.17) is 4.74 Å². The molecule has 2 aliphatic rings. The van der Waals surface area contributed by atoms with Gasteiger partial charge in [0, 0.05) is 5.92 Å². The van der Waals surface area contributed by atoms with Crippen molar-refractivity contribution in [2.75, 3.05) is 0 Å². The Morgan fingerprint density at radius 3 is 2.57 bits per heavy atom. The molecule has 4 unspecified atom stereocenters. The summed E-state index contributed by atoms with van der Waals surface area (Å²) in [7, 11) is 0. The van der Waals surface area contributed by atoms with Gasteiger partial charge in [-0.3, -0.25) is 4.79 Å². The van der Waals surface area contributed by atoms with E-state index in [1.165, 1.54) is 0 Å². The summed E-state index contributed by atoms with van der Waals surface area (Å²) in [5.74, 6) is 2.06. The van der Waals surface area contributed by atoms with E-state index in [0.29, 0.717) is 11.8 Å². The summed E-state index contributed by atoms with van der Waals surface area (Å²) in [5, 5.41) is 0. The van der Waals surface area contributed by atoms with Gasteiger partial charge in [-0.25, -0.2) is 0 Å². The minimum Gasteiger partial charge on any atom is -0.495 e. The zero-order chi connectivity index (χ0) is 10.7. The molecule has 0 radical (unpaired) electrons. The van der Waals surface area contributed by atoms with E-state index >= 15 is 0 Å². The number of hydrogen-bond acceptors (Lipinski definition) is 2. The van der Waals surface area contributed by atoms with E-state index in [9.17, 15) is 4.79 Å². The van der Waals surface area contributed by atoms with Crippen molar-refractivity contribution in [3.8, 4) is 0 Å². The second-order valence-electron chi connectivity index (χ2n) is 5.25. The van der Waals surface area contributed by atoms with Crippen molar-refractivity contribution < 1.29 is 9.53 Å². The Hall–Kier alpha value is -0.790. The highest BCUT2D eigenvalue weighted by atomic mass is 16.5. The fraction of sp³-hybridized carbons (Fsp3) is 0.750. The number of rotatable bonds is 1. The molecule has 1 heterocycles.